The van der Waals surface area contributed by atoms with Crippen molar-refractivity contribution in [3.63, 3.8) is 0 Å². The molecule has 0 nitrogen and oxygen atoms in total. The molecule has 6 rings (SSSR count). The molecule has 0 aliphatic heterocycles. The van der Waals surface area contributed by atoms with Crippen LogP contribution >= 0.6 is 0 Å². The Morgan fingerprint density at radius 3 is 0.580 bits per heavy atom. The van der Waals surface area contributed by atoms with Crippen molar-refractivity contribution in [3.8, 4) is 22.3 Å². The van der Waals surface area contributed by atoms with Crippen LogP contribution in [0.5, 0.6) is 0 Å². The van der Waals surface area contributed by atoms with Gasteiger partial charge in [-0.05, 0) is 54.6 Å². The molecule has 0 saturated heterocycles. The molecule has 0 spiro atoms. The SMILES string of the molecule is [B]c1c([B])c([B])c(-c2c3c([B])c([B])c([B])c([B])c3c(-c3c([B])c([B])c([B])c4c([B])c([B])c([B])c([B])c34)c3c([B])c([B])c([B])c([B])c23)c([B])c1[B]. The molecule has 0 bridgehead atoms. The van der Waals surface area contributed by atoms with E-state index in [0.717, 1.165) is 0 Å². The highest BCUT2D eigenvalue weighted by molar-refractivity contribution is 6.76. The highest BCUT2D eigenvalue weighted by Gasteiger charge is 2.29. The van der Waals surface area contributed by atoms with E-state index in [0.29, 0.717) is 0 Å². The van der Waals surface area contributed by atoms with Crippen molar-refractivity contribution < 1.29 is 0 Å². The van der Waals surface area contributed by atoms with Crippen molar-refractivity contribution in [2.24, 2.45) is 0 Å². The van der Waals surface area contributed by atoms with Crippen molar-refractivity contribution in [1.29, 1.82) is 0 Å². The summed E-state index contributed by atoms with van der Waals surface area (Å²) in [5, 5.41) is 0.600. The maximum atomic E-state index is 6.85. The number of hydrogen-bond acceptors (Lipinski definition) is 0. The zero-order chi connectivity index (χ0) is 37.3. The average Bonchev–Trinajstić information content (AvgIpc) is 3.09. The number of benzene rings is 6. The summed E-state index contributed by atoms with van der Waals surface area (Å²) in [7, 11) is 131. The predicted molar refractivity (Wildman–Crippen MR) is 238 cm³/mol. The van der Waals surface area contributed by atoms with Gasteiger partial charge in [0.15, 0.2) is 0 Å². The van der Waals surface area contributed by atoms with E-state index >= 15 is 0 Å². The van der Waals surface area contributed by atoms with E-state index in [2.05, 4.69) is 0 Å². The van der Waals surface area contributed by atoms with Crippen molar-refractivity contribution >= 4 is 298 Å². The van der Waals surface area contributed by atoms with E-state index in [1.54, 1.807) is 0 Å². The van der Waals surface area contributed by atoms with Gasteiger partial charge in [-0.2, -0.15) is 0 Å². The van der Waals surface area contributed by atoms with E-state index in [9.17, 15) is 0 Å². The number of fused-ring (bicyclic) bond motifs is 3. The van der Waals surface area contributed by atoms with Crippen molar-refractivity contribution in [3.05, 3.63) is 0 Å². The first kappa shape index (κ1) is 37.2. The molecule has 20 heteroatoms. The van der Waals surface area contributed by atoms with Gasteiger partial charge in [0.25, 0.3) is 0 Å². The largest absolute Gasteiger partial charge is 0.113 e. The van der Waals surface area contributed by atoms with Gasteiger partial charge < -0.3 is 0 Å². The molecule has 0 aliphatic rings. The van der Waals surface area contributed by atoms with E-state index in [1.165, 1.54) is 0 Å². The Morgan fingerprint density at radius 2 is 0.280 bits per heavy atom. The molecule has 0 amide bonds. The zero-order valence-electron chi connectivity index (χ0n) is 26.5. The molecule has 0 aromatic heterocycles. The molecule has 0 fully saturated rings. The predicted octanol–water partition coefficient (Wildman–Crippen LogP) is -15.6. The first-order valence-corrected chi connectivity index (χ1v) is 14.5. The van der Waals surface area contributed by atoms with E-state index < -0.39 is 0 Å². The monoisotopic (exact) mass is 580 g/mol. The van der Waals surface area contributed by atoms with Crippen LogP contribution in [0, 0.1) is 0 Å². The Bertz CT molecular complexity index is 2470. The second-order valence-corrected chi connectivity index (χ2v) is 12.0. The van der Waals surface area contributed by atoms with Crippen LogP contribution in [0.2, 0.25) is 0 Å². The van der Waals surface area contributed by atoms with Gasteiger partial charge in [-0.1, -0.05) is 54.6 Å². The summed E-state index contributed by atoms with van der Waals surface area (Å²) in [4.78, 5) is 0. The maximum absolute atomic E-state index is 6.85. The summed E-state index contributed by atoms with van der Waals surface area (Å²) in [6.07, 6.45) is 0. The Balaban J connectivity index is 2.16. The van der Waals surface area contributed by atoms with Gasteiger partial charge in [-0.3, -0.25) is 0 Å². The lowest BCUT2D eigenvalue weighted by atomic mass is 9.55. The minimum absolute atomic E-state index is 0.0386. The lowest BCUT2D eigenvalue weighted by molar-refractivity contribution is 1.86. The van der Waals surface area contributed by atoms with Crippen LogP contribution in [-0.4, -0.2) is 157 Å². The third-order valence-corrected chi connectivity index (χ3v) is 9.55. The lowest BCUT2D eigenvalue weighted by Gasteiger charge is -2.33. The molecule has 50 heavy (non-hydrogen) atoms. The number of rotatable bonds is 2. The standard InChI is InChI=1S/C30B20/c31-11-5(8-10(19(39)21(11)41)20(40)27(47)26(46)16(8)36)1-3-6(14(34)24(44)22(42)12(3)32)2(7-4(1)13(33)23(43)25(45)15(7)35)9-17(37)28(48)30(50)29(49)18(9)38. The minimum atomic E-state index is -0.115. The van der Waals surface area contributed by atoms with Crippen LogP contribution < -0.4 is 109 Å². The zero-order valence-corrected chi connectivity index (χ0v) is 26.5. The quantitative estimate of drug-likeness (QED) is 0.142. The minimum Gasteiger partial charge on any atom is -0.112 e. The van der Waals surface area contributed by atoms with Crippen LogP contribution in [-0.2, 0) is 0 Å². The van der Waals surface area contributed by atoms with E-state index in [4.69, 9.17) is 157 Å². The second kappa shape index (κ2) is 12.5. The highest BCUT2D eigenvalue weighted by Crippen LogP contribution is 2.40. The summed E-state index contributed by atoms with van der Waals surface area (Å²) < 4.78 is 0. The molecule has 0 atom stereocenters. The Morgan fingerprint density at radius 1 is 0.120 bits per heavy atom. The normalized spacial score (nSPS) is 11.6. The van der Waals surface area contributed by atoms with Gasteiger partial charge in [0.2, 0.25) is 0 Å². The summed E-state index contributed by atoms with van der Waals surface area (Å²) in [6, 6.07) is 0. The van der Waals surface area contributed by atoms with Crippen LogP contribution in [0.3, 0.4) is 0 Å². The number of hydrogen-bond donors (Lipinski definition) is 0. The first-order valence-electron chi connectivity index (χ1n) is 14.5. The molecular weight excluding hydrogens is 577 g/mol. The summed E-state index contributed by atoms with van der Waals surface area (Å²) in [5.41, 5.74) is -1.51. The van der Waals surface area contributed by atoms with Crippen LogP contribution in [0.4, 0.5) is 0 Å². The third kappa shape index (κ3) is 4.74. The molecule has 0 aliphatic carbocycles. The topological polar surface area (TPSA) is 0 Å². The van der Waals surface area contributed by atoms with E-state index in [1.807, 2.05) is 0 Å². The molecule has 0 unspecified atom stereocenters. The van der Waals surface area contributed by atoms with Gasteiger partial charge in [-0.25, -0.2) is 0 Å². The smallest absolute Gasteiger partial charge is 0.112 e. The van der Waals surface area contributed by atoms with Crippen molar-refractivity contribution in [2.45, 2.75) is 0 Å². The Labute approximate surface area is 319 Å². The van der Waals surface area contributed by atoms with Gasteiger partial charge in [0, 0.05) is 0 Å². The van der Waals surface area contributed by atoms with Crippen LogP contribution in [0.25, 0.3) is 54.6 Å². The first-order chi connectivity index (χ1) is 23.2. The maximum Gasteiger partial charge on any atom is 0.113 e. The average molecular weight is 577 g/mol. The Kier molecular flexibility index (Phi) is 9.31. The summed E-state index contributed by atoms with van der Waals surface area (Å²) >= 11 is 0. The molecular formula is C30B20. The second-order valence-electron chi connectivity index (χ2n) is 12.0. The summed E-state index contributed by atoms with van der Waals surface area (Å²) in [5.74, 6) is 0. The fourth-order valence-corrected chi connectivity index (χ4v) is 6.74. The van der Waals surface area contributed by atoms with E-state index in [-0.39, 0.29) is 164 Å². The fraction of sp³-hybridized carbons (Fsp3) is 0. The molecule has 0 saturated carbocycles. The van der Waals surface area contributed by atoms with Crippen LogP contribution in [0.1, 0.15) is 0 Å². The van der Waals surface area contributed by atoms with Crippen LogP contribution in [0.15, 0.2) is 0 Å². The molecule has 0 N–H and O–H groups in total. The summed E-state index contributed by atoms with van der Waals surface area (Å²) in [6.45, 7) is 0. The van der Waals surface area contributed by atoms with Gasteiger partial charge in [-0.15, -0.1) is 54.6 Å². The molecule has 6 aromatic rings. The molecule has 180 valence electrons. The van der Waals surface area contributed by atoms with Crippen molar-refractivity contribution in [1.82, 2.24) is 0 Å². The Hall–Kier alpha value is -2.60. The third-order valence-electron chi connectivity index (χ3n) is 9.55. The van der Waals surface area contributed by atoms with Crippen molar-refractivity contribution in [2.75, 3.05) is 0 Å². The lowest BCUT2D eigenvalue weighted by Crippen LogP contribution is -2.55. The van der Waals surface area contributed by atoms with Gasteiger partial charge in [0.05, 0.1) is 0 Å². The fourth-order valence-electron chi connectivity index (χ4n) is 6.74. The molecule has 6 aromatic carbocycles. The van der Waals surface area contributed by atoms with Gasteiger partial charge >= 0.3 is 0 Å². The van der Waals surface area contributed by atoms with Gasteiger partial charge in [0.1, 0.15) is 157 Å². The molecule has 40 radical (unpaired) electrons. The highest BCUT2D eigenvalue weighted by atomic mass is 14.3. The molecule has 0 heterocycles.